The first-order valence-corrected chi connectivity index (χ1v) is 7.91. The summed E-state index contributed by atoms with van der Waals surface area (Å²) in [6.07, 6.45) is -0.241. The van der Waals surface area contributed by atoms with Crippen LogP contribution < -0.4 is 4.90 Å². The second-order valence-electron chi connectivity index (χ2n) is 6.11. The van der Waals surface area contributed by atoms with Gasteiger partial charge in [-0.3, -0.25) is 4.98 Å². The molecule has 0 radical (unpaired) electrons. The third-order valence-electron chi connectivity index (χ3n) is 4.46. The van der Waals surface area contributed by atoms with Crippen molar-refractivity contribution in [3.8, 4) is 0 Å². The Morgan fingerprint density at radius 1 is 1.12 bits per heavy atom. The van der Waals surface area contributed by atoms with Gasteiger partial charge in [0.15, 0.2) is 0 Å². The number of hydrogen-bond donors (Lipinski definition) is 1. The number of rotatable bonds is 3. The van der Waals surface area contributed by atoms with E-state index in [0.29, 0.717) is 37.2 Å². The number of aromatic nitrogens is 2. The maximum atomic E-state index is 13.2. The summed E-state index contributed by atoms with van der Waals surface area (Å²) in [4.78, 5) is 9.15. The minimum atomic E-state index is -4.45. The molecule has 0 saturated carbocycles. The van der Waals surface area contributed by atoms with E-state index in [-0.39, 0.29) is 5.92 Å². The molecule has 3 heterocycles. The zero-order chi connectivity index (χ0) is 18.0. The fourth-order valence-corrected chi connectivity index (χ4v) is 3.08. The normalized spacial score (nSPS) is 17.6. The molecule has 1 aliphatic heterocycles. The van der Waals surface area contributed by atoms with Crippen LogP contribution in [0.2, 0.25) is 0 Å². The van der Waals surface area contributed by atoms with Crippen LogP contribution in [0, 0.1) is 11.7 Å². The van der Waals surface area contributed by atoms with E-state index in [1.807, 2.05) is 4.90 Å². The molecule has 8 heteroatoms. The highest BCUT2D eigenvalue weighted by Gasteiger charge is 2.32. The van der Waals surface area contributed by atoms with Crippen molar-refractivity contribution < 1.29 is 22.7 Å². The van der Waals surface area contributed by atoms with E-state index in [4.69, 9.17) is 0 Å². The average molecular weight is 355 g/mol. The molecule has 1 atom stereocenters. The first-order valence-electron chi connectivity index (χ1n) is 7.91. The third kappa shape index (κ3) is 4.07. The molecule has 3 rings (SSSR count). The molecule has 1 aliphatic rings. The molecule has 0 aromatic carbocycles. The number of hydrogen-bond acceptors (Lipinski definition) is 4. The monoisotopic (exact) mass is 355 g/mol. The van der Waals surface area contributed by atoms with Crippen molar-refractivity contribution in [3.63, 3.8) is 0 Å². The van der Waals surface area contributed by atoms with Gasteiger partial charge in [-0.25, -0.2) is 9.37 Å². The van der Waals surface area contributed by atoms with Gasteiger partial charge in [0.1, 0.15) is 11.5 Å². The summed E-state index contributed by atoms with van der Waals surface area (Å²) in [7, 11) is 0. The maximum Gasteiger partial charge on any atom is 0.433 e. The molecular formula is C17H17F4N3O. The highest BCUT2D eigenvalue weighted by molar-refractivity contribution is 5.45. The predicted octanol–water partition coefficient (Wildman–Crippen LogP) is 3.58. The summed E-state index contributed by atoms with van der Waals surface area (Å²) < 4.78 is 50.9. The summed E-state index contributed by atoms with van der Waals surface area (Å²) in [5.41, 5.74) is 0.142. The fourth-order valence-electron chi connectivity index (χ4n) is 3.08. The van der Waals surface area contributed by atoms with Crippen LogP contribution in [-0.2, 0) is 6.18 Å². The minimum absolute atomic E-state index is 0.0535. The standard InChI is InChI=1S/C17H17F4N3O/c18-13-7-12(8-22-9-13)16(25)11-3-5-24(6-4-11)14-1-2-15(23-10-14)17(19,20)21/h1-2,7-11,16,25H,3-6H2. The first-order chi connectivity index (χ1) is 11.8. The topological polar surface area (TPSA) is 49.3 Å². The Kier molecular flexibility index (Phi) is 4.89. The summed E-state index contributed by atoms with van der Waals surface area (Å²) in [6.45, 7) is 1.16. The summed E-state index contributed by atoms with van der Waals surface area (Å²) in [6, 6.07) is 3.64. The molecule has 1 saturated heterocycles. The number of anilines is 1. The van der Waals surface area contributed by atoms with Crippen LogP contribution in [0.4, 0.5) is 23.2 Å². The molecule has 0 amide bonds. The van der Waals surface area contributed by atoms with Crippen molar-refractivity contribution >= 4 is 5.69 Å². The maximum absolute atomic E-state index is 13.2. The highest BCUT2D eigenvalue weighted by Crippen LogP contribution is 2.33. The van der Waals surface area contributed by atoms with E-state index in [0.717, 1.165) is 12.3 Å². The summed E-state index contributed by atoms with van der Waals surface area (Å²) in [5.74, 6) is -0.549. The Labute approximate surface area is 142 Å². The largest absolute Gasteiger partial charge is 0.433 e. The zero-order valence-electron chi connectivity index (χ0n) is 13.2. The first kappa shape index (κ1) is 17.6. The quantitative estimate of drug-likeness (QED) is 0.855. The van der Waals surface area contributed by atoms with Gasteiger partial charge in [0.25, 0.3) is 0 Å². The van der Waals surface area contributed by atoms with Crippen molar-refractivity contribution in [2.45, 2.75) is 25.1 Å². The Bertz CT molecular complexity index is 713. The van der Waals surface area contributed by atoms with Gasteiger partial charge in [-0.2, -0.15) is 13.2 Å². The molecule has 2 aromatic rings. The smallest absolute Gasteiger partial charge is 0.388 e. The van der Waals surface area contributed by atoms with E-state index in [1.165, 1.54) is 24.5 Å². The van der Waals surface area contributed by atoms with Crippen molar-refractivity contribution in [2.24, 2.45) is 5.92 Å². The van der Waals surface area contributed by atoms with Gasteiger partial charge in [0.05, 0.1) is 24.2 Å². The zero-order valence-corrected chi connectivity index (χ0v) is 13.2. The van der Waals surface area contributed by atoms with Gasteiger partial charge in [-0.15, -0.1) is 0 Å². The van der Waals surface area contributed by atoms with Crippen LogP contribution in [-0.4, -0.2) is 28.2 Å². The van der Waals surface area contributed by atoms with Crippen molar-refractivity contribution in [2.75, 3.05) is 18.0 Å². The van der Waals surface area contributed by atoms with E-state index in [2.05, 4.69) is 9.97 Å². The van der Waals surface area contributed by atoms with Gasteiger partial charge >= 0.3 is 6.18 Å². The Balaban J connectivity index is 1.62. The van der Waals surface area contributed by atoms with Crippen molar-refractivity contribution in [3.05, 3.63) is 53.9 Å². The van der Waals surface area contributed by atoms with Crippen LogP contribution in [0.15, 0.2) is 36.8 Å². The summed E-state index contributed by atoms with van der Waals surface area (Å²) in [5, 5.41) is 10.4. The van der Waals surface area contributed by atoms with Gasteiger partial charge in [-0.1, -0.05) is 0 Å². The second kappa shape index (κ2) is 6.95. The van der Waals surface area contributed by atoms with Gasteiger partial charge in [0.2, 0.25) is 0 Å². The van der Waals surface area contributed by atoms with Gasteiger partial charge < -0.3 is 10.0 Å². The lowest BCUT2D eigenvalue weighted by Crippen LogP contribution is -2.35. The molecule has 0 spiro atoms. The molecule has 1 N–H and O–H groups in total. The number of pyridine rings is 2. The lowest BCUT2D eigenvalue weighted by molar-refractivity contribution is -0.141. The minimum Gasteiger partial charge on any atom is -0.388 e. The second-order valence-corrected chi connectivity index (χ2v) is 6.11. The lowest BCUT2D eigenvalue weighted by Gasteiger charge is -2.35. The number of nitrogens with zero attached hydrogens (tertiary/aromatic N) is 3. The van der Waals surface area contributed by atoms with E-state index in [9.17, 15) is 22.7 Å². The Hall–Kier alpha value is -2.22. The average Bonchev–Trinajstić information content (AvgIpc) is 2.61. The molecule has 4 nitrogen and oxygen atoms in total. The molecule has 0 bridgehead atoms. The Morgan fingerprint density at radius 2 is 1.84 bits per heavy atom. The van der Waals surface area contributed by atoms with E-state index < -0.39 is 23.8 Å². The lowest BCUT2D eigenvalue weighted by atomic mass is 9.88. The number of aliphatic hydroxyl groups excluding tert-OH is 1. The molecule has 0 aliphatic carbocycles. The molecule has 2 aromatic heterocycles. The number of halogens is 4. The number of piperidine rings is 1. The van der Waals surface area contributed by atoms with Crippen LogP contribution in [0.25, 0.3) is 0 Å². The third-order valence-corrected chi connectivity index (χ3v) is 4.46. The van der Waals surface area contributed by atoms with Gasteiger partial charge in [-0.05, 0) is 37.0 Å². The molecule has 1 unspecified atom stereocenters. The molecule has 25 heavy (non-hydrogen) atoms. The molecule has 1 fully saturated rings. The predicted molar refractivity (Wildman–Crippen MR) is 83.3 cm³/mol. The van der Waals surface area contributed by atoms with Crippen LogP contribution in [0.3, 0.4) is 0 Å². The Morgan fingerprint density at radius 3 is 2.40 bits per heavy atom. The van der Waals surface area contributed by atoms with Crippen LogP contribution in [0.5, 0.6) is 0 Å². The van der Waals surface area contributed by atoms with Crippen molar-refractivity contribution in [1.82, 2.24) is 9.97 Å². The van der Waals surface area contributed by atoms with Gasteiger partial charge in [0, 0.05) is 24.8 Å². The number of aliphatic hydroxyl groups is 1. The molecule has 134 valence electrons. The van der Waals surface area contributed by atoms with E-state index >= 15 is 0 Å². The number of alkyl halides is 3. The fraction of sp³-hybridized carbons (Fsp3) is 0.412. The summed E-state index contributed by atoms with van der Waals surface area (Å²) >= 11 is 0. The van der Waals surface area contributed by atoms with E-state index in [1.54, 1.807) is 0 Å². The van der Waals surface area contributed by atoms with Crippen LogP contribution >= 0.6 is 0 Å². The van der Waals surface area contributed by atoms with Crippen LogP contribution in [0.1, 0.15) is 30.2 Å². The highest BCUT2D eigenvalue weighted by atomic mass is 19.4. The molecular weight excluding hydrogens is 338 g/mol. The van der Waals surface area contributed by atoms with Crippen molar-refractivity contribution in [1.29, 1.82) is 0 Å². The SMILES string of the molecule is OC(c1cncc(F)c1)C1CCN(c2ccc(C(F)(F)F)nc2)CC1.